The molecule has 1 rings (SSSR count). The van der Waals surface area contributed by atoms with Crippen molar-refractivity contribution in [3.05, 3.63) is 0 Å². The van der Waals surface area contributed by atoms with Crippen LogP contribution in [0.3, 0.4) is 0 Å². The highest BCUT2D eigenvalue weighted by atomic mass is 35.5. The minimum atomic E-state index is 0. The van der Waals surface area contributed by atoms with Crippen LogP contribution < -0.4 is 5.32 Å². The molecule has 0 aromatic carbocycles. The van der Waals surface area contributed by atoms with Gasteiger partial charge in [0.25, 0.3) is 0 Å². The lowest BCUT2D eigenvalue weighted by molar-refractivity contribution is 1.34. The van der Waals surface area contributed by atoms with Crippen molar-refractivity contribution in [1.82, 2.24) is 5.32 Å². The van der Waals surface area contributed by atoms with Crippen LogP contribution in [0, 0.1) is 0 Å². The van der Waals surface area contributed by atoms with Gasteiger partial charge in [-0.3, -0.25) is 0 Å². The van der Waals surface area contributed by atoms with Crippen LogP contribution in [0.4, 0.5) is 0 Å². The summed E-state index contributed by atoms with van der Waals surface area (Å²) in [6.07, 6.45) is 0. The van der Waals surface area contributed by atoms with Crippen LogP contribution in [-0.4, -0.2) is 13.1 Å². The van der Waals surface area contributed by atoms with Crippen LogP contribution in [0.1, 0.15) is 0 Å². The first kappa shape index (κ1) is 4.25. The Labute approximate surface area is 31.8 Å². The van der Waals surface area contributed by atoms with E-state index < -0.39 is 0 Å². The van der Waals surface area contributed by atoms with Crippen molar-refractivity contribution in [2.75, 3.05) is 13.1 Å². The zero-order valence-electron chi connectivity index (χ0n) is 2.32. The zero-order chi connectivity index (χ0) is 2.12. The molecule has 0 atom stereocenters. The fraction of sp³-hybridized carbons (Fsp3) is 1.00. The van der Waals surface area contributed by atoms with E-state index in [0.717, 1.165) is 0 Å². The largest absolute Gasteiger partial charge is 0.314 e. The molecule has 0 radical (unpaired) electrons. The summed E-state index contributed by atoms with van der Waals surface area (Å²) in [6.45, 7) is 2.50. The lowest BCUT2D eigenvalue weighted by Gasteiger charge is -1.21. The maximum atomic E-state index is 3.00. The van der Waals surface area contributed by atoms with Gasteiger partial charge in [-0.15, -0.1) is 12.4 Å². The maximum Gasteiger partial charge on any atom is 0.00772 e. The van der Waals surface area contributed by atoms with Crippen molar-refractivity contribution in [2.24, 2.45) is 0 Å². The van der Waals surface area contributed by atoms with Crippen LogP contribution in [0.2, 0.25) is 0 Å². The molecule has 2 heteroatoms. The minimum Gasteiger partial charge on any atom is -0.314 e. The third kappa shape index (κ3) is 2.25. The monoisotopic (exact) mass is 79.0 g/mol. The molecule has 1 nitrogen and oxygen atoms in total. The van der Waals surface area contributed by atoms with Gasteiger partial charge in [0.1, 0.15) is 0 Å². The number of nitrogens with one attached hydrogen (secondary N) is 1. The van der Waals surface area contributed by atoms with E-state index in [-0.39, 0.29) is 12.4 Å². The van der Waals surface area contributed by atoms with E-state index in [0.29, 0.717) is 0 Å². The summed E-state index contributed by atoms with van der Waals surface area (Å²) >= 11 is 0. The standard InChI is InChI=1S/C2H5N.ClH/c1-2-3-1;/h3H,1-2H2;1H. The maximum absolute atomic E-state index is 3.00. The topological polar surface area (TPSA) is 21.9 Å². The Hall–Kier alpha value is 0.250. The van der Waals surface area contributed by atoms with Gasteiger partial charge in [-0.25, -0.2) is 0 Å². The second-order valence-corrected chi connectivity index (χ2v) is 0.750. The quantitative estimate of drug-likeness (QED) is 0.406. The molecular weight excluding hydrogens is 73.5 g/mol. The van der Waals surface area contributed by atoms with Crippen LogP contribution in [-0.2, 0) is 0 Å². The molecule has 0 unspecified atom stereocenters. The summed E-state index contributed by atoms with van der Waals surface area (Å²) in [6, 6.07) is 0. The smallest absolute Gasteiger partial charge is 0.00772 e. The normalized spacial score (nSPS) is 18.0. The molecule has 1 fully saturated rings. The highest BCUT2D eigenvalue weighted by molar-refractivity contribution is 5.85. The number of halogens is 1. The first-order chi connectivity index (χ1) is 1.50. The van der Waals surface area contributed by atoms with Gasteiger partial charge in [-0.1, -0.05) is 0 Å². The molecule has 1 aliphatic heterocycles. The molecule has 1 N–H and O–H groups in total. The number of hydrogen-bond acceptors (Lipinski definition) is 1. The van der Waals surface area contributed by atoms with Gasteiger partial charge in [0.2, 0.25) is 0 Å². The third-order valence-corrected chi connectivity index (χ3v) is 0.250. The van der Waals surface area contributed by atoms with Gasteiger partial charge in [-0.05, 0) is 0 Å². The van der Waals surface area contributed by atoms with Crippen LogP contribution in [0.15, 0.2) is 0 Å². The predicted octanol–water partition coefficient (Wildman–Crippen LogP) is 0.0114. The van der Waals surface area contributed by atoms with Crippen LogP contribution in [0.25, 0.3) is 0 Å². The van der Waals surface area contributed by atoms with Crippen molar-refractivity contribution < 1.29 is 0 Å². The molecule has 0 amide bonds. The first-order valence-electron chi connectivity index (χ1n) is 1.21. The lowest BCUT2D eigenvalue weighted by Crippen LogP contribution is -1.56. The summed E-state index contributed by atoms with van der Waals surface area (Å²) in [7, 11) is 0. The highest BCUT2D eigenvalue weighted by Crippen LogP contribution is 1.65. The van der Waals surface area contributed by atoms with Gasteiger partial charge in [0.05, 0.1) is 0 Å². The van der Waals surface area contributed by atoms with E-state index in [9.17, 15) is 0 Å². The van der Waals surface area contributed by atoms with Crippen molar-refractivity contribution in [2.45, 2.75) is 0 Å². The SMILES string of the molecule is C1CN1.Cl. The molecule has 0 spiro atoms. The average molecular weight is 79.5 g/mol. The minimum absolute atomic E-state index is 0. The molecule has 4 heavy (non-hydrogen) atoms. The van der Waals surface area contributed by atoms with Crippen molar-refractivity contribution in [1.29, 1.82) is 0 Å². The summed E-state index contributed by atoms with van der Waals surface area (Å²) in [5, 5.41) is 3.00. The Bertz CT molecular complexity index is 10.8. The van der Waals surface area contributed by atoms with E-state index in [2.05, 4.69) is 5.32 Å². The van der Waals surface area contributed by atoms with Crippen molar-refractivity contribution in [3.63, 3.8) is 0 Å². The average Bonchev–Trinajstić information content (AvgIpc) is 1.46. The lowest BCUT2D eigenvalue weighted by atomic mass is 11.0. The summed E-state index contributed by atoms with van der Waals surface area (Å²) in [5.41, 5.74) is 0. The molecule has 0 aromatic rings. The van der Waals surface area contributed by atoms with Crippen molar-refractivity contribution in [3.8, 4) is 0 Å². The molecule has 0 bridgehead atoms. The first-order valence-corrected chi connectivity index (χ1v) is 1.21. The molecule has 1 saturated heterocycles. The Morgan fingerprint density at radius 1 is 1.25 bits per heavy atom. The zero-order valence-corrected chi connectivity index (χ0v) is 3.14. The summed E-state index contributed by atoms with van der Waals surface area (Å²) in [4.78, 5) is 0. The summed E-state index contributed by atoms with van der Waals surface area (Å²) < 4.78 is 0. The Morgan fingerprint density at radius 2 is 1.50 bits per heavy atom. The summed E-state index contributed by atoms with van der Waals surface area (Å²) in [5.74, 6) is 0. The van der Waals surface area contributed by atoms with Gasteiger partial charge in [0.15, 0.2) is 0 Å². The fourth-order valence-electron chi connectivity index (χ4n) is 0. The molecule has 1 aliphatic rings. The Kier molecular flexibility index (Phi) is 1.66. The van der Waals surface area contributed by atoms with E-state index in [4.69, 9.17) is 0 Å². The van der Waals surface area contributed by atoms with E-state index >= 15 is 0 Å². The third-order valence-electron chi connectivity index (χ3n) is 0.250. The number of rotatable bonds is 0. The molecule has 0 aromatic heterocycles. The highest BCUT2D eigenvalue weighted by Gasteiger charge is 1.91. The second-order valence-electron chi connectivity index (χ2n) is 0.750. The predicted molar refractivity (Wildman–Crippen MR) is 20.1 cm³/mol. The van der Waals surface area contributed by atoms with E-state index in [1.807, 2.05) is 0 Å². The molecular formula is C2H6ClN. The molecule has 1 heterocycles. The Morgan fingerprint density at radius 3 is 1.50 bits per heavy atom. The van der Waals surface area contributed by atoms with Crippen LogP contribution in [0.5, 0.6) is 0 Å². The van der Waals surface area contributed by atoms with Gasteiger partial charge >= 0.3 is 0 Å². The van der Waals surface area contributed by atoms with Crippen molar-refractivity contribution >= 4 is 12.4 Å². The van der Waals surface area contributed by atoms with Gasteiger partial charge in [0, 0.05) is 13.1 Å². The van der Waals surface area contributed by atoms with Crippen LogP contribution >= 0.6 is 12.4 Å². The van der Waals surface area contributed by atoms with E-state index in [1.165, 1.54) is 13.1 Å². The van der Waals surface area contributed by atoms with Gasteiger partial charge < -0.3 is 5.32 Å². The molecule has 0 aliphatic carbocycles. The van der Waals surface area contributed by atoms with Gasteiger partial charge in [-0.2, -0.15) is 0 Å². The fourth-order valence-corrected chi connectivity index (χ4v) is 0. The second kappa shape index (κ2) is 1.56. The number of hydrogen-bond donors (Lipinski definition) is 1. The Balaban J connectivity index is 0.0000000900. The molecule has 26 valence electrons. The van der Waals surface area contributed by atoms with E-state index in [1.54, 1.807) is 0 Å². The molecule has 0 saturated carbocycles.